The Kier molecular flexibility index (Phi) is 18.4. The smallest absolute Gasteiger partial charge is 0.320 e. The van der Waals surface area contributed by atoms with Gasteiger partial charge in [-0.25, -0.2) is 0 Å². The average Bonchev–Trinajstić information content (AvgIpc) is 2.59. The number of carbonyl (C=O) groups is 1. The summed E-state index contributed by atoms with van der Waals surface area (Å²) in [6, 6.07) is -0.0918. The summed E-state index contributed by atoms with van der Waals surface area (Å²) < 4.78 is 0. The number of unbranched alkanes of at least 4 members (excludes halogenated alkanes) is 11. The molecule has 150 valence electrons. The molecule has 0 amide bonds. The molecule has 0 aliphatic heterocycles. The van der Waals surface area contributed by atoms with Gasteiger partial charge in [0.05, 0.1) is 0 Å². The minimum Gasteiger partial charge on any atom is -0.480 e. The van der Waals surface area contributed by atoms with Crippen molar-refractivity contribution in [1.82, 2.24) is 5.32 Å². The maximum Gasteiger partial charge on any atom is 0.320 e. The molecule has 3 nitrogen and oxygen atoms in total. The lowest BCUT2D eigenvalue weighted by atomic mass is 10.0. The van der Waals surface area contributed by atoms with Crippen molar-refractivity contribution in [1.29, 1.82) is 0 Å². The van der Waals surface area contributed by atoms with E-state index < -0.39 is 5.97 Å². The highest BCUT2D eigenvalue weighted by Crippen LogP contribution is 2.13. The largest absolute Gasteiger partial charge is 0.480 e. The Morgan fingerprint density at radius 2 is 1.36 bits per heavy atom. The van der Waals surface area contributed by atoms with Gasteiger partial charge < -0.3 is 10.4 Å². The van der Waals surface area contributed by atoms with Gasteiger partial charge in [-0.15, -0.1) is 0 Å². The first-order valence-corrected chi connectivity index (χ1v) is 12.0. The van der Waals surface area contributed by atoms with Crippen molar-refractivity contribution in [2.45, 2.75) is 116 Å². The SMILES string of the molecule is CCCCCCCCCCCCCCC(C)N[C@@H](CCSC)C(=O)O. The summed E-state index contributed by atoms with van der Waals surface area (Å²) in [7, 11) is 0. The molecule has 25 heavy (non-hydrogen) atoms. The van der Waals surface area contributed by atoms with Gasteiger partial charge in [-0.05, 0) is 31.8 Å². The van der Waals surface area contributed by atoms with Crippen molar-refractivity contribution in [2.75, 3.05) is 12.0 Å². The van der Waals surface area contributed by atoms with E-state index in [1.807, 2.05) is 6.26 Å². The van der Waals surface area contributed by atoms with E-state index in [1.165, 1.54) is 77.0 Å². The highest BCUT2D eigenvalue weighted by molar-refractivity contribution is 7.98. The minimum atomic E-state index is -0.712. The summed E-state index contributed by atoms with van der Waals surface area (Å²) in [5, 5.41) is 12.5. The van der Waals surface area contributed by atoms with E-state index in [2.05, 4.69) is 19.2 Å². The third-order valence-electron chi connectivity index (χ3n) is 4.89. The molecular formula is C21H43NO2S. The Labute approximate surface area is 161 Å². The van der Waals surface area contributed by atoms with Gasteiger partial charge in [0.1, 0.15) is 6.04 Å². The number of carboxylic acid groups (broad SMARTS) is 1. The molecule has 0 aliphatic rings. The molecule has 4 heteroatoms. The van der Waals surface area contributed by atoms with E-state index >= 15 is 0 Å². The molecule has 0 rings (SSSR count). The van der Waals surface area contributed by atoms with Crippen LogP contribution in [0.3, 0.4) is 0 Å². The van der Waals surface area contributed by atoms with Gasteiger partial charge in [0.15, 0.2) is 0 Å². The zero-order valence-corrected chi connectivity index (χ0v) is 17.8. The van der Waals surface area contributed by atoms with Crippen LogP contribution < -0.4 is 5.32 Å². The van der Waals surface area contributed by atoms with Crippen LogP contribution in [0.1, 0.15) is 104 Å². The fraction of sp³-hybridized carbons (Fsp3) is 0.952. The zero-order valence-electron chi connectivity index (χ0n) is 17.0. The Morgan fingerprint density at radius 1 is 0.880 bits per heavy atom. The van der Waals surface area contributed by atoms with Crippen LogP contribution in [0.5, 0.6) is 0 Å². The second-order valence-corrected chi connectivity index (χ2v) is 8.40. The summed E-state index contributed by atoms with van der Waals surface area (Å²) in [4.78, 5) is 11.2. The standard InChI is InChI=1S/C21H43NO2S/c1-4-5-6-7-8-9-10-11-12-13-14-15-16-19(2)22-20(21(23)24)17-18-25-3/h19-20,22H,4-18H2,1-3H3,(H,23,24)/t19?,20-/m0/s1. The lowest BCUT2D eigenvalue weighted by Crippen LogP contribution is -2.42. The summed E-state index contributed by atoms with van der Waals surface area (Å²) in [6.07, 6.45) is 20.2. The fourth-order valence-corrected chi connectivity index (χ4v) is 3.70. The van der Waals surface area contributed by atoms with Crippen LogP contribution in [-0.4, -0.2) is 35.2 Å². The molecule has 0 aromatic carbocycles. The van der Waals surface area contributed by atoms with E-state index in [1.54, 1.807) is 11.8 Å². The predicted molar refractivity (Wildman–Crippen MR) is 113 cm³/mol. The number of thioether (sulfide) groups is 1. The summed E-state index contributed by atoms with van der Waals surface area (Å²) in [5.74, 6) is 0.186. The van der Waals surface area contributed by atoms with Gasteiger partial charge in [-0.3, -0.25) is 4.79 Å². The van der Waals surface area contributed by atoms with Gasteiger partial charge in [0.2, 0.25) is 0 Å². The van der Waals surface area contributed by atoms with Crippen molar-refractivity contribution >= 4 is 17.7 Å². The third kappa shape index (κ3) is 17.0. The normalized spacial score (nSPS) is 13.7. The first kappa shape index (κ1) is 24.8. The molecule has 0 radical (unpaired) electrons. The van der Waals surface area contributed by atoms with Crippen LogP contribution in [0.2, 0.25) is 0 Å². The topological polar surface area (TPSA) is 49.3 Å². The van der Waals surface area contributed by atoms with Crippen molar-refractivity contribution in [2.24, 2.45) is 0 Å². The van der Waals surface area contributed by atoms with E-state index in [-0.39, 0.29) is 6.04 Å². The molecule has 0 fully saturated rings. The molecule has 0 spiro atoms. The van der Waals surface area contributed by atoms with Gasteiger partial charge in [0, 0.05) is 6.04 Å². The molecule has 0 saturated heterocycles. The zero-order chi connectivity index (χ0) is 18.8. The molecular weight excluding hydrogens is 330 g/mol. The minimum absolute atomic E-state index is 0.297. The second kappa shape index (κ2) is 18.6. The van der Waals surface area contributed by atoms with Crippen molar-refractivity contribution in [3.05, 3.63) is 0 Å². The number of hydrogen-bond acceptors (Lipinski definition) is 3. The van der Waals surface area contributed by atoms with Crippen LogP contribution in [0.25, 0.3) is 0 Å². The number of aliphatic carboxylic acids is 1. The second-order valence-electron chi connectivity index (χ2n) is 7.42. The molecule has 2 atom stereocenters. The van der Waals surface area contributed by atoms with Crippen LogP contribution in [0, 0.1) is 0 Å². The fourth-order valence-electron chi connectivity index (χ4n) is 3.23. The van der Waals surface area contributed by atoms with Gasteiger partial charge in [0.25, 0.3) is 0 Å². The predicted octanol–water partition coefficient (Wildman–Crippen LogP) is 6.26. The molecule has 0 aromatic rings. The van der Waals surface area contributed by atoms with Gasteiger partial charge >= 0.3 is 5.97 Å². The van der Waals surface area contributed by atoms with Crippen molar-refractivity contribution in [3.8, 4) is 0 Å². The monoisotopic (exact) mass is 373 g/mol. The first-order chi connectivity index (χ1) is 12.1. The Hall–Kier alpha value is -0.220. The molecule has 0 heterocycles. The maximum atomic E-state index is 11.2. The van der Waals surface area contributed by atoms with Crippen LogP contribution >= 0.6 is 11.8 Å². The lowest BCUT2D eigenvalue weighted by molar-refractivity contribution is -0.139. The molecule has 0 bridgehead atoms. The lowest BCUT2D eigenvalue weighted by Gasteiger charge is -2.20. The first-order valence-electron chi connectivity index (χ1n) is 10.6. The maximum absolute atomic E-state index is 11.2. The van der Waals surface area contributed by atoms with Gasteiger partial charge in [-0.2, -0.15) is 11.8 Å². The number of carboxylic acids is 1. The van der Waals surface area contributed by atoms with Crippen molar-refractivity contribution in [3.63, 3.8) is 0 Å². The number of nitrogens with one attached hydrogen (secondary N) is 1. The summed E-state index contributed by atoms with van der Waals surface area (Å²) >= 11 is 1.71. The molecule has 0 aliphatic carbocycles. The van der Waals surface area contributed by atoms with Crippen molar-refractivity contribution < 1.29 is 9.90 Å². The van der Waals surface area contributed by atoms with Crippen LogP contribution in [0.4, 0.5) is 0 Å². The van der Waals surface area contributed by atoms with E-state index in [0.717, 1.165) is 12.2 Å². The molecule has 0 aromatic heterocycles. The van der Waals surface area contributed by atoms with E-state index in [9.17, 15) is 9.90 Å². The quantitative estimate of drug-likeness (QED) is 0.262. The Bertz CT molecular complexity index is 300. The van der Waals surface area contributed by atoms with Crippen LogP contribution in [-0.2, 0) is 4.79 Å². The molecule has 0 saturated carbocycles. The van der Waals surface area contributed by atoms with Crippen LogP contribution in [0.15, 0.2) is 0 Å². The number of rotatable bonds is 19. The number of hydrogen-bond donors (Lipinski definition) is 2. The highest BCUT2D eigenvalue weighted by Gasteiger charge is 2.18. The molecule has 2 N–H and O–H groups in total. The third-order valence-corrected chi connectivity index (χ3v) is 5.53. The summed E-state index contributed by atoms with van der Waals surface area (Å²) in [5.41, 5.74) is 0. The molecule has 1 unspecified atom stereocenters. The Balaban J connectivity index is 3.44. The van der Waals surface area contributed by atoms with E-state index in [0.29, 0.717) is 12.5 Å². The van der Waals surface area contributed by atoms with E-state index in [4.69, 9.17) is 0 Å². The Morgan fingerprint density at radius 3 is 1.80 bits per heavy atom. The summed E-state index contributed by atoms with van der Waals surface area (Å²) in [6.45, 7) is 4.39. The average molecular weight is 374 g/mol. The van der Waals surface area contributed by atoms with Gasteiger partial charge in [-0.1, -0.05) is 84.0 Å². The highest BCUT2D eigenvalue weighted by atomic mass is 32.2.